The molecule has 94 valence electrons. The van der Waals surface area contributed by atoms with Gasteiger partial charge in [0.25, 0.3) is 5.91 Å². The Labute approximate surface area is 102 Å². The molecule has 0 aliphatic carbocycles. The standard InChI is InChI=1S/C13H20N2O2/c1-10-9-11(14-2)5-6-12(10)13(17)15(3)7-4-8-16/h5-6,9,14,16H,4,7-8H2,1-3H3. The highest BCUT2D eigenvalue weighted by atomic mass is 16.3. The zero-order valence-corrected chi connectivity index (χ0v) is 10.7. The van der Waals surface area contributed by atoms with Crippen molar-refractivity contribution in [2.45, 2.75) is 13.3 Å². The predicted octanol–water partition coefficient (Wildman–Crippen LogP) is 1.49. The number of aliphatic hydroxyl groups is 1. The molecular formula is C13H20N2O2. The van der Waals surface area contributed by atoms with Crippen LogP contribution in [0.25, 0.3) is 0 Å². The van der Waals surface area contributed by atoms with Crippen molar-refractivity contribution in [3.05, 3.63) is 29.3 Å². The molecule has 2 N–H and O–H groups in total. The summed E-state index contributed by atoms with van der Waals surface area (Å²) in [7, 11) is 3.60. The lowest BCUT2D eigenvalue weighted by atomic mass is 10.1. The topological polar surface area (TPSA) is 52.6 Å². The maximum absolute atomic E-state index is 12.1. The van der Waals surface area contributed by atoms with Crippen LogP contribution in [-0.2, 0) is 0 Å². The van der Waals surface area contributed by atoms with Gasteiger partial charge in [-0.1, -0.05) is 0 Å². The van der Waals surface area contributed by atoms with Crippen molar-refractivity contribution >= 4 is 11.6 Å². The highest BCUT2D eigenvalue weighted by molar-refractivity contribution is 5.95. The maximum Gasteiger partial charge on any atom is 0.253 e. The molecule has 0 fully saturated rings. The van der Waals surface area contributed by atoms with E-state index in [0.717, 1.165) is 11.3 Å². The first kappa shape index (κ1) is 13.5. The Morgan fingerprint density at radius 3 is 2.71 bits per heavy atom. The third-order valence-electron chi connectivity index (χ3n) is 2.74. The molecule has 0 aromatic heterocycles. The zero-order valence-electron chi connectivity index (χ0n) is 10.7. The molecule has 0 spiro atoms. The monoisotopic (exact) mass is 236 g/mol. The number of amides is 1. The van der Waals surface area contributed by atoms with E-state index in [-0.39, 0.29) is 12.5 Å². The van der Waals surface area contributed by atoms with Crippen molar-refractivity contribution in [3.63, 3.8) is 0 Å². The van der Waals surface area contributed by atoms with Crippen LogP contribution in [0.2, 0.25) is 0 Å². The van der Waals surface area contributed by atoms with Gasteiger partial charge in [0.15, 0.2) is 0 Å². The van der Waals surface area contributed by atoms with E-state index in [2.05, 4.69) is 5.32 Å². The number of hydrogen-bond acceptors (Lipinski definition) is 3. The second-order valence-corrected chi connectivity index (χ2v) is 4.08. The number of hydrogen-bond donors (Lipinski definition) is 2. The summed E-state index contributed by atoms with van der Waals surface area (Å²) in [6, 6.07) is 5.67. The Morgan fingerprint density at radius 1 is 1.47 bits per heavy atom. The van der Waals surface area contributed by atoms with E-state index < -0.39 is 0 Å². The number of carbonyl (C=O) groups excluding carboxylic acids is 1. The summed E-state index contributed by atoms with van der Waals surface area (Å²) < 4.78 is 0. The van der Waals surface area contributed by atoms with Crippen LogP contribution in [0.3, 0.4) is 0 Å². The molecule has 4 nitrogen and oxygen atoms in total. The van der Waals surface area contributed by atoms with Crippen molar-refractivity contribution in [3.8, 4) is 0 Å². The number of rotatable bonds is 5. The summed E-state index contributed by atoms with van der Waals surface area (Å²) >= 11 is 0. The van der Waals surface area contributed by atoms with Crippen LogP contribution < -0.4 is 5.32 Å². The van der Waals surface area contributed by atoms with Crippen molar-refractivity contribution in [1.29, 1.82) is 0 Å². The maximum atomic E-state index is 12.1. The van der Waals surface area contributed by atoms with Crippen LogP contribution >= 0.6 is 0 Å². The van der Waals surface area contributed by atoms with Crippen molar-refractivity contribution in [1.82, 2.24) is 4.90 Å². The van der Waals surface area contributed by atoms with Gasteiger partial charge in [0.1, 0.15) is 0 Å². The molecule has 0 aliphatic heterocycles. The summed E-state index contributed by atoms with van der Waals surface area (Å²) in [5.41, 5.74) is 2.67. The van der Waals surface area contributed by atoms with E-state index in [1.165, 1.54) is 0 Å². The summed E-state index contributed by atoms with van der Waals surface area (Å²) in [6.07, 6.45) is 0.607. The van der Waals surface area contributed by atoms with Gasteiger partial charge in [-0.2, -0.15) is 0 Å². The number of carbonyl (C=O) groups is 1. The number of nitrogens with one attached hydrogen (secondary N) is 1. The van der Waals surface area contributed by atoms with Crippen molar-refractivity contribution in [2.75, 3.05) is 32.6 Å². The molecule has 0 atom stereocenters. The Hall–Kier alpha value is -1.55. The third-order valence-corrected chi connectivity index (χ3v) is 2.74. The first-order valence-corrected chi connectivity index (χ1v) is 5.75. The second kappa shape index (κ2) is 6.25. The smallest absolute Gasteiger partial charge is 0.253 e. The molecular weight excluding hydrogens is 216 g/mol. The number of anilines is 1. The average molecular weight is 236 g/mol. The van der Waals surface area contributed by atoms with E-state index in [1.807, 2.05) is 32.2 Å². The SMILES string of the molecule is CNc1ccc(C(=O)N(C)CCCO)c(C)c1. The molecule has 0 saturated carbocycles. The molecule has 1 aromatic carbocycles. The molecule has 1 rings (SSSR count). The molecule has 1 aromatic rings. The summed E-state index contributed by atoms with van der Waals surface area (Å²) in [5, 5.41) is 11.8. The van der Waals surface area contributed by atoms with Gasteiger partial charge in [-0.25, -0.2) is 0 Å². The van der Waals surface area contributed by atoms with Crippen LogP contribution in [-0.4, -0.2) is 43.2 Å². The molecule has 0 radical (unpaired) electrons. The zero-order chi connectivity index (χ0) is 12.8. The Kier molecular flexibility index (Phi) is 4.97. The molecule has 17 heavy (non-hydrogen) atoms. The van der Waals surface area contributed by atoms with Crippen LogP contribution in [0.5, 0.6) is 0 Å². The van der Waals surface area contributed by atoms with Crippen LogP contribution in [0.4, 0.5) is 5.69 Å². The average Bonchev–Trinajstić information content (AvgIpc) is 2.34. The largest absolute Gasteiger partial charge is 0.396 e. The lowest BCUT2D eigenvalue weighted by molar-refractivity contribution is 0.0785. The number of nitrogens with zero attached hydrogens (tertiary/aromatic N) is 1. The lowest BCUT2D eigenvalue weighted by Crippen LogP contribution is -2.28. The fourth-order valence-electron chi connectivity index (χ4n) is 1.67. The fourth-order valence-corrected chi connectivity index (χ4v) is 1.67. The molecule has 1 amide bonds. The molecule has 4 heteroatoms. The number of aryl methyl sites for hydroxylation is 1. The first-order chi connectivity index (χ1) is 8.10. The number of aliphatic hydroxyl groups excluding tert-OH is 1. The summed E-state index contributed by atoms with van der Waals surface area (Å²) in [5.74, 6) is -0.00129. The predicted molar refractivity (Wildman–Crippen MR) is 69.4 cm³/mol. The Morgan fingerprint density at radius 2 is 2.18 bits per heavy atom. The van der Waals surface area contributed by atoms with Gasteiger partial charge in [-0.3, -0.25) is 4.79 Å². The minimum absolute atomic E-state index is 0.00129. The molecule has 0 unspecified atom stereocenters. The van der Waals surface area contributed by atoms with Gasteiger partial charge in [-0.15, -0.1) is 0 Å². The normalized spacial score (nSPS) is 10.1. The Balaban J connectivity index is 2.81. The quantitative estimate of drug-likeness (QED) is 0.814. The van der Waals surface area contributed by atoms with Gasteiger partial charge >= 0.3 is 0 Å². The van der Waals surface area contributed by atoms with E-state index in [1.54, 1.807) is 11.9 Å². The number of benzene rings is 1. The van der Waals surface area contributed by atoms with E-state index in [0.29, 0.717) is 18.5 Å². The summed E-state index contributed by atoms with van der Waals surface area (Å²) in [6.45, 7) is 2.60. The van der Waals surface area contributed by atoms with Gasteiger partial charge in [0.2, 0.25) is 0 Å². The van der Waals surface area contributed by atoms with Gasteiger partial charge in [0, 0.05) is 38.5 Å². The molecule has 0 heterocycles. The molecule has 0 bridgehead atoms. The Bertz CT molecular complexity index is 391. The minimum Gasteiger partial charge on any atom is -0.396 e. The molecule has 0 saturated heterocycles. The van der Waals surface area contributed by atoms with E-state index in [9.17, 15) is 4.79 Å². The van der Waals surface area contributed by atoms with Gasteiger partial charge in [-0.05, 0) is 37.1 Å². The highest BCUT2D eigenvalue weighted by Gasteiger charge is 2.13. The minimum atomic E-state index is -0.00129. The van der Waals surface area contributed by atoms with E-state index >= 15 is 0 Å². The van der Waals surface area contributed by atoms with Crippen LogP contribution in [0.15, 0.2) is 18.2 Å². The van der Waals surface area contributed by atoms with Gasteiger partial charge in [0.05, 0.1) is 0 Å². The van der Waals surface area contributed by atoms with Crippen molar-refractivity contribution < 1.29 is 9.90 Å². The summed E-state index contributed by atoms with van der Waals surface area (Å²) in [4.78, 5) is 13.7. The lowest BCUT2D eigenvalue weighted by Gasteiger charge is -2.18. The van der Waals surface area contributed by atoms with Crippen LogP contribution in [0, 0.1) is 6.92 Å². The van der Waals surface area contributed by atoms with Crippen LogP contribution in [0.1, 0.15) is 22.3 Å². The highest BCUT2D eigenvalue weighted by Crippen LogP contribution is 2.16. The van der Waals surface area contributed by atoms with Gasteiger partial charge < -0.3 is 15.3 Å². The fraction of sp³-hybridized carbons (Fsp3) is 0.462. The first-order valence-electron chi connectivity index (χ1n) is 5.75. The van der Waals surface area contributed by atoms with E-state index in [4.69, 9.17) is 5.11 Å². The van der Waals surface area contributed by atoms with Crippen molar-refractivity contribution in [2.24, 2.45) is 0 Å². The second-order valence-electron chi connectivity index (χ2n) is 4.08. The molecule has 0 aliphatic rings. The third kappa shape index (κ3) is 3.46.